The highest BCUT2D eigenvalue weighted by atomic mass is 35.5. The molecule has 0 aliphatic rings. The lowest BCUT2D eigenvalue weighted by Crippen LogP contribution is -2.04. The number of aromatic carboxylic acids is 1. The Bertz CT molecular complexity index is 1230. The number of para-hydroxylation sites is 2. The molecular formula is C23H16Cl2N2O3. The quantitative estimate of drug-likeness (QED) is 0.401. The van der Waals surface area contributed by atoms with Gasteiger partial charge < -0.3 is 9.84 Å². The Balaban J connectivity index is 1.81. The SMILES string of the molecule is COc1ccccc1-n1nc(C(=O)O)cc1-c1ccc(-c2ccc(Cl)cc2Cl)cc1. The van der Waals surface area contributed by atoms with Gasteiger partial charge in [0.2, 0.25) is 0 Å². The van der Waals surface area contributed by atoms with E-state index in [1.807, 2.05) is 48.5 Å². The average molecular weight is 439 g/mol. The van der Waals surface area contributed by atoms with Gasteiger partial charge in [-0.2, -0.15) is 5.10 Å². The van der Waals surface area contributed by atoms with Crippen molar-refractivity contribution in [3.05, 3.63) is 88.5 Å². The molecule has 0 fully saturated rings. The van der Waals surface area contributed by atoms with Gasteiger partial charge in [0.05, 0.1) is 12.8 Å². The molecule has 150 valence electrons. The Kier molecular flexibility index (Phi) is 5.48. The lowest BCUT2D eigenvalue weighted by Gasteiger charge is -2.12. The Morgan fingerprint density at radius 3 is 2.33 bits per heavy atom. The summed E-state index contributed by atoms with van der Waals surface area (Å²) in [6.07, 6.45) is 0. The van der Waals surface area contributed by atoms with Crippen LogP contribution in [0.2, 0.25) is 10.0 Å². The summed E-state index contributed by atoms with van der Waals surface area (Å²) in [6, 6.07) is 21.8. The van der Waals surface area contributed by atoms with Gasteiger partial charge in [0.15, 0.2) is 5.69 Å². The lowest BCUT2D eigenvalue weighted by molar-refractivity contribution is 0.0690. The van der Waals surface area contributed by atoms with Gasteiger partial charge >= 0.3 is 5.97 Å². The van der Waals surface area contributed by atoms with Gasteiger partial charge in [0.1, 0.15) is 11.4 Å². The molecule has 0 amide bonds. The van der Waals surface area contributed by atoms with E-state index in [2.05, 4.69) is 5.10 Å². The second-order valence-corrected chi connectivity index (χ2v) is 7.35. The summed E-state index contributed by atoms with van der Waals surface area (Å²) in [5, 5.41) is 14.9. The third kappa shape index (κ3) is 3.77. The Morgan fingerprint density at radius 2 is 1.67 bits per heavy atom. The van der Waals surface area contributed by atoms with Crippen molar-refractivity contribution in [2.45, 2.75) is 0 Å². The highest BCUT2D eigenvalue weighted by Gasteiger charge is 2.18. The van der Waals surface area contributed by atoms with Gasteiger partial charge in [-0.1, -0.05) is 65.7 Å². The van der Waals surface area contributed by atoms with Crippen LogP contribution in [0.1, 0.15) is 10.5 Å². The van der Waals surface area contributed by atoms with E-state index in [1.165, 1.54) is 0 Å². The fourth-order valence-electron chi connectivity index (χ4n) is 3.22. The number of nitrogens with zero attached hydrogens (tertiary/aromatic N) is 2. The molecule has 0 spiro atoms. The third-order valence-electron chi connectivity index (χ3n) is 4.66. The minimum absolute atomic E-state index is 0.0549. The predicted molar refractivity (Wildman–Crippen MR) is 118 cm³/mol. The van der Waals surface area contributed by atoms with Crippen molar-refractivity contribution in [2.75, 3.05) is 7.11 Å². The van der Waals surface area contributed by atoms with E-state index in [0.717, 1.165) is 16.7 Å². The van der Waals surface area contributed by atoms with Crippen LogP contribution in [-0.4, -0.2) is 28.0 Å². The van der Waals surface area contributed by atoms with Crippen LogP contribution in [0.15, 0.2) is 72.8 Å². The van der Waals surface area contributed by atoms with E-state index in [1.54, 1.807) is 36.1 Å². The number of halogens is 2. The van der Waals surface area contributed by atoms with Crippen LogP contribution in [0, 0.1) is 0 Å². The molecule has 0 unspecified atom stereocenters. The van der Waals surface area contributed by atoms with Crippen molar-refractivity contribution in [3.63, 3.8) is 0 Å². The highest BCUT2D eigenvalue weighted by molar-refractivity contribution is 6.36. The molecule has 0 aliphatic carbocycles. The molecule has 0 radical (unpaired) electrons. The van der Waals surface area contributed by atoms with Gasteiger partial charge in [-0.05, 0) is 35.9 Å². The summed E-state index contributed by atoms with van der Waals surface area (Å²) in [5.74, 6) is -0.516. The summed E-state index contributed by atoms with van der Waals surface area (Å²) in [6.45, 7) is 0. The van der Waals surface area contributed by atoms with Crippen molar-refractivity contribution in [2.24, 2.45) is 0 Å². The topological polar surface area (TPSA) is 64.4 Å². The lowest BCUT2D eigenvalue weighted by atomic mass is 10.0. The van der Waals surface area contributed by atoms with Crippen molar-refractivity contribution < 1.29 is 14.6 Å². The van der Waals surface area contributed by atoms with Crippen LogP contribution < -0.4 is 4.74 Å². The number of carboxylic acid groups (broad SMARTS) is 1. The van der Waals surface area contributed by atoms with E-state index in [0.29, 0.717) is 27.2 Å². The zero-order chi connectivity index (χ0) is 21.3. The number of rotatable bonds is 5. The third-order valence-corrected chi connectivity index (χ3v) is 5.21. The first-order valence-corrected chi connectivity index (χ1v) is 9.76. The number of carbonyl (C=O) groups is 1. The Hall–Kier alpha value is -3.28. The number of carboxylic acids is 1. The van der Waals surface area contributed by atoms with Gasteiger partial charge in [0, 0.05) is 21.2 Å². The largest absolute Gasteiger partial charge is 0.494 e. The minimum Gasteiger partial charge on any atom is -0.494 e. The van der Waals surface area contributed by atoms with E-state index < -0.39 is 5.97 Å². The molecule has 0 aliphatic heterocycles. The van der Waals surface area contributed by atoms with E-state index in [-0.39, 0.29) is 5.69 Å². The fraction of sp³-hybridized carbons (Fsp3) is 0.0435. The second-order valence-electron chi connectivity index (χ2n) is 6.51. The molecule has 0 bridgehead atoms. The number of hydrogen-bond donors (Lipinski definition) is 1. The standard InChI is InChI=1S/C23H16Cl2N2O3/c1-30-22-5-3-2-4-20(22)27-21(13-19(26-27)23(28)29)15-8-6-14(7-9-15)17-11-10-16(24)12-18(17)25/h2-13H,1H3,(H,28,29). The first kappa shape index (κ1) is 20.0. The van der Waals surface area contributed by atoms with Gasteiger partial charge in [0.25, 0.3) is 0 Å². The molecular weight excluding hydrogens is 423 g/mol. The second kappa shape index (κ2) is 8.22. The molecule has 1 aromatic heterocycles. The van der Waals surface area contributed by atoms with Crippen LogP contribution in [0.25, 0.3) is 28.1 Å². The fourth-order valence-corrected chi connectivity index (χ4v) is 3.74. The van der Waals surface area contributed by atoms with Crippen LogP contribution in [0.5, 0.6) is 5.75 Å². The molecule has 3 aromatic carbocycles. The number of hydrogen-bond acceptors (Lipinski definition) is 3. The molecule has 0 atom stereocenters. The van der Waals surface area contributed by atoms with Crippen molar-refractivity contribution in [1.29, 1.82) is 0 Å². The zero-order valence-corrected chi connectivity index (χ0v) is 17.4. The average Bonchev–Trinajstić information content (AvgIpc) is 3.19. The molecule has 4 rings (SSSR count). The molecule has 30 heavy (non-hydrogen) atoms. The molecule has 1 N–H and O–H groups in total. The van der Waals surface area contributed by atoms with E-state index >= 15 is 0 Å². The Labute approximate surface area is 183 Å². The number of benzene rings is 3. The molecule has 1 heterocycles. The van der Waals surface area contributed by atoms with Crippen LogP contribution >= 0.6 is 23.2 Å². The van der Waals surface area contributed by atoms with Crippen LogP contribution in [0.3, 0.4) is 0 Å². The predicted octanol–water partition coefficient (Wildman–Crippen LogP) is 6.22. The molecule has 4 aromatic rings. The number of aromatic nitrogens is 2. The van der Waals surface area contributed by atoms with Gasteiger partial charge in [-0.3, -0.25) is 0 Å². The normalized spacial score (nSPS) is 10.8. The van der Waals surface area contributed by atoms with Gasteiger partial charge in [-0.25, -0.2) is 9.48 Å². The first-order valence-electron chi connectivity index (χ1n) is 9.00. The monoisotopic (exact) mass is 438 g/mol. The van der Waals surface area contributed by atoms with Gasteiger partial charge in [-0.15, -0.1) is 0 Å². The zero-order valence-electron chi connectivity index (χ0n) is 15.8. The Morgan fingerprint density at radius 1 is 0.967 bits per heavy atom. The molecule has 0 saturated carbocycles. The van der Waals surface area contributed by atoms with E-state index in [9.17, 15) is 9.90 Å². The summed E-state index contributed by atoms with van der Waals surface area (Å²) in [5.41, 5.74) is 3.80. The number of ether oxygens (including phenoxy) is 1. The van der Waals surface area contributed by atoms with Crippen molar-refractivity contribution in [3.8, 4) is 33.8 Å². The maximum Gasteiger partial charge on any atom is 0.356 e. The van der Waals surface area contributed by atoms with Crippen LogP contribution in [-0.2, 0) is 0 Å². The summed E-state index contributed by atoms with van der Waals surface area (Å²) >= 11 is 12.3. The summed E-state index contributed by atoms with van der Waals surface area (Å²) < 4.78 is 7.00. The smallest absolute Gasteiger partial charge is 0.356 e. The van der Waals surface area contributed by atoms with Crippen LogP contribution in [0.4, 0.5) is 0 Å². The minimum atomic E-state index is -1.10. The maximum absolute atomic E-state index is 11.6. The molecule has 5 nitrogen and oxygen atoms in total. The summed E-state index contributed by atoms with van der Waals surface area (Å²) in [4.78, 5) is 11.6. The summed E-state index contributed by atoms with van der Waals surface area (Å²) in [7, 11) is 1.56. The highest BCUT2D eigenvalue weighted by Crippen LogP contribution is 2.33. The molecule has 7 heteroatoms. The maximum atomic E-state index is 11.6. The molecule has 0 saturated heterocycles. The van der Waals surface area contributed by atoms with E-state index in [4.69, 9.17) is 27.9 Å². The van der Waals surface area contributed by atoms with Crippen molar-refractivity contribution >= 4 is 29.2 Å². The van der Waals surface area contributed by atoms with Crippen molar-refractivity contribution in [1.82, 2.24) is 9.78 Å². The first-order chi connectivity index (χ1) is 14.5. The number of methoxy groups -OCH3 is 1.